The van der Waals surface area contributed by atoms with Crippen molar-refractivity contribution in [1.82, 2.24) is 5.32 Å². The fourth-order valence-corrected chi connectivity index (χ4v) is 2.94. The Kier molecular flexibility index (Phi) is 4.53. The van der Waals surface area contributed by atoms with Crippen molar-refractivity contribution in [3.05, 3.63) is 0 Å². The number of carbonyl (C=O) groups excluding carboxylic acids is 1. The predicted molar refractivity (Wildman–Crippen MR) is 74.8 cm³/mol. The summed E-state index contributed by atoms with van der Waals surface area (Å²) in [5, 5.41) is 3.20. The highest BCUT2D eigenvalue weighted by Gasteiger charge is 2.44. The van der Waals surface area contributed by atoms with Crippen LogP contribution in [0.15, 0.2) is 0 Å². The number of carbonyl (C=O) groups is 1. The minimum atomic E-state index is -0.660. The van der Waals surface area contributed by atoms with Gasteiger partial charge in [0.15, 0.2) is 0 Å². The second-order valence-corrected chi connectivity index (χ2v) is 5.53. The molecule has 1 aliphatic rings. The molecule has 0 unspecified atom stereocenters. The lowest BCUT2D eigenvalue weighted by atomic mass is 9.73. The summed E-state index contributed by atoms with van der Waals surface area (Å²) in [7, 11) is 0. The Labute approximate surface area is 110 Å². The molecule has 0 aromatic carbocycles. The van der Waals surface area contributed by atoms with Crippen molar-refractivity contribution in [2.45, 2.75) is 64.8 Å². The molecule has 0 aromatic heterocycles. The van der Waals surface area contributed by atoms with Crippen molar-refractivity contribution in [3.8, 4) is 0 Å². The third-order valence-corrected chi connectivity index (χ3v) is 4.87. The molecule has 1 saturated carbocycles. The molecular formula is C13H24N2OS. The van der Waals surface area contributed by atoms with Crippen molar-refractivity contribution in [1.29, 1.82) is 0 Å². The lowest BCUT2D eigenvalue weighted by Gasteiger charge is -2.44. The standard InChI is InChI=1S/C13H24N2OS/c1-4-12(8-7-9-12)15-11(16)13(5-2,6-3)10(14)17/h4-9H2,1-3H3,(H2,14,17)(H,15,16). The molecule has 1 rings (SSSR count). The molecule has 1 aliphatic carbocycles. The first kappa shape index (κ1) is 14.4. The Morgan fingerprint density at radius 1 is 1.35 bits per heavy atom. The highest BCUT2D eigenvalue weighted by atomic mass is 32.1. The SMILES string of the molecule is CCC1(NC(=O)C(CC)(CC)C(N)=S)CCC1. The van der Waals surface area contributed by atoms with Crippen LogP contribution in [0.5, 0.6) is 0 Å². The molecule has 0 saturated heterocycles. The van der Waals surface area contributed by atoms with E-state index in [4.69, 9.17) is 18.0 Å². The van der Waals surface area contributed by atoms with Crippen LogP contribution < -0.4 is 11.1 Å². The van der Waals surface area contributed by atoms with Gasteiger partial charge < -0.3 is 11.1 Å². The van der Waals surface area contributed by atoms with E-state index in [-0.39, 0.29) is 11.4 Å². The first-order valence-electron chi connectivity index (χ1n) is 6.59. The average molecular weight is 256 g/mol. The Morgan fingerprint density at radius 3 is 2.12 bits per heavy atom. The molecule has 98 valence electrons. The van der Waals surface area contributed by atoms with E-state index in [1.54, 1.807) is 0 Å². The smallest absolute Gasteiger partial charge is 0.233 e. The van der Waals surface area contributed by atoms with E-state index in [9.17, 15) is 4.79 Å². The molecule has 0 heterocycles. The lowest BCUT2D eigenvalue weighted by molar-refractivity contribution is -0.131. The van der Waals surface area contributed by atoms with Gasteiger partial charge in [-0.3, -0.25) is 4.79 Å². The molecule has 0 aromatic rings. The van der Waals surface area contributed by atoms with Gasteiger partial charge in [0.05, 0.1) is 10.4 Å². The summed E-state index contributed by atoms with van der Waals surface area (Å²) in [6.07, 6.45) is 5.69. The largest absolute Gasteiger partial charge is 0.392 e. The Hall–Kier alpha value is -0.640. The molecule has 3 N–H and O–H groups in total. The van der Waals surface area contributed by atoms with E-state index in [0.29, 0.717) is 17.8 Å². The van der Waals surface area contributed by atoms with Crippen LogP contribution in [0.3, 0.4) is 0 Å². The average Bonchev–Trinajstić information content (AvgIpc) is 2.25. The van der Waals surface area contributed by atoms with Crippen LogP contribution in [-0.2, 0) is 4.79 Å². The van der Waals surface area contributed by atoms with Gasteiger partial charge in [-0.2, -0.15) is 0 Å². The van der Waals surface area contributed by atoms with Crippen LogP contribution in [0, 0.1) is 5.41 Å². The molecule has 3 nitrogen and oxygen atoms in total. The molecule has 0 radical (unpaired) electrons. The second-order valence-electron chi connectivity index (χ2n) is 5.10. The van der Waals surface area contributed by atoms with Crippen LogP contribution >= 0.6 is 12.2 Å². The fraction of sp³-hybridized carbons (Fsp3) is 0.846. The summed E-state index contributed by atoms with van der Waals surface area (Å²) in [6.45, 7) is 6.07. The normalized spacial score (nSPS) is 18.3. The van der Waals surface area contributed by atoms with Gasteiger partial charge in [-0.25, -0.2) is 0 Å². The van der Waals surface area contributed by atoms with Gasteiger partial charge in [-0.1, -0.05) is 33.0 Å². The Balaban J connectivity index is 2.82. The number of amides is 1. The Morgan fingerprint density at radius 2 is 1.88 bits per heavy atom. The first-order chi connectivity index (χ1) is 7.96. The lowest BCUT2D eigenvalue weighted by Crippen LogP contribution is -2.59. The van der Waals surface area contributed by atoms with Gasteiger partial charge in [-0.15, -0.1) is 0 Å². The van der Waals surface area contributed by atoms with Gasteiger partial charge in [-0.05, 0) is 38.5 Å². The Bertz CT molecular complexity index is 301. The van der Waals surface area contributed by atoms with E-state index in [1.807, 2.05) is 13.8 Å². The quantitative estimate of drug-likeness (QED) is 0.718. The molecule has 0 bridgehead atoms. The minimum Gasteiger partial charge on any atom is -0.392 e. The van der Waals surface area contributed by atoms with E-state index in [2.05, 4.69) is 12.2 Å². The summed E-state index contributed by atoms with van der Waals surface area (Å²) in [5.41, 5.74) is 5.14. The van der Waals surface area contributed by atoms with Gasteiger partial charge in [0.1, 0.15) is 0 Å². The minimum absolute atomic E-state index is 0.0114. The summed E-state index contributed by atoms with van der Waals surface area (Å²) >= 11 is 5.10. The second kappa shape index (κ2) is 5.34. The monoisotopic (exact) mass is 256 g/mol. The molecule has 0 spiro atoms. The topological polar surface area (TPSA) is 55.1 Å². The van der Waals surface area contributed by atoms with Crippen molar-refractivity contribution in [3.63, 3.8) is 0 Å². The van der Waals surface area contributed by atoms with Gasteiger partial charge >= 0.3 is 0 Å². The molecule has 1 fully saturated rings. The molecular weight excluding hydrogens is 232 g/mol. The number of nitrogens with one attached hydrogen (secondary N) is 1. The number of nitrogens with two attached hydrogens (primary N) is 1. The number of hydrogen-bond acceptors (Lipinski definition) is 2. The van der Waals surface area contributed by atoms with E-state index in [0.717, 1.165) is 19.3 Å². The van der Waals surface area contributed by atoms with Gasteiger partial charge in [0.25, 0.3) is 0 Å². The first-order valence-corrected chi connectivity index (χ1v) is 6.99. The predicted octanol–water partition coefficient (Wildman–Crippen LogP) is 2.53. The van der Waals surface area contributed by atoms with Crippen LogP contribution in [0.25, 0.3) is 0 Å². The molecule has 17 heavy (non-hydrogen) atoms. The summed E-state index contributed by atoms with van der Waals surface area (Å²) < 4.78 is 0. The van der Waals surface area contributed by atoms with Gasteiger partial charge in [0, 0.05) is 5.54 Å². The van der Waals surface area contributed by atoms with Gasteiger partial charge in [0.2, 0.25) is 5.91 Å². The zero-order chi connectivity index (χ0) is 13.1. The van der Waals surface area contributed by atoms with Crippen LogP contribution in [0.1, 0.15) is 59.3 Å². The molecule has 1 amide bonds. The van der Waals surface area contributed by atoms with Crippen molar-refractivity contribution < 1.29 is 4.79 Å². The van der Waals surface area contributed by atoms with Crippen molar-refractivity contribution in [2.75, 3.05) is 0 Å². The third kappa shape index (κ3) is 2.46. The molecule has 4 heteroatoms. The highest BCUT2D eigenvalue weighted by molar-refractivity contribution is 7.80. The van der Waals surface area contributed by atoms with Crippen LogP contribution in [0.4, 0.5) is 0 Å². The maximum absolute atomic E-state index is 12.5. The summed E-state index contributed by atoms with van der Waals surface area (Å²) in [6, 6.07) is 0. The third-order valence-electron chi connectivity index (χ3n) is 4.48. The van der Waals surface area contributed by atoms with E-state index < -0.39 is 5.41 Å². The van der Waals surface area contributed by atoms with Crippen molar-refractivity contribution in [2.24, 2.45) is 11.1 Å². The highest BCUT2D eigenvalue weighted by Crippen LogP contribution is 2.37. The maximum atomic E-state index is 12.5. The van der Waals surface area contributed by atoms with Crippen LogP contribution in [0.2, 0.25) is 0 Å². The number of hydrogen-bond donors (Lipinski definition) is 2. The maximum Gasteiger partial charge on any atom is 0.233 e. The number of thiocarbonyl (C=S) groups is 1. The molecule has 0 aliphatic heterocycles. The zero-order valence-corrected chi connectivity index (χ0v) is 12.0. The summed E-state index contributed by atoms with van der Waals surface area (Å²) in [4.78, 5) is 12.8. The van der Waals surface area contributed by atoms with E-state index in [1.165, 1.54) is 6.42 Å². The van der Waals surface area contributed by atoms with E-state index >= 15 is 0 Å². The van der Waals surface area contributed by atoms with Crippen molar-refractivity contribution >= 4 is 23.1 Å². The van der Waals surface area contributed by atoms with Crippen LogP contribution in [-0.4, -0.2) is 16.4 Å². The zero-order valence-electron chi connectivity index (χ0n) is 11.1. The number of rotatable bonds is 6. The molecule has 0 atom stereocenters. The fourth-order valence-electron chi connectivity index (χ4n) is 2.56. The summed E-state index contributed by atoms with van der Waals surface area (Å²) in [5.74, 6) is 0.0246.